The molecule has 1 aliphatic heterocycles. The predicted octanol–water partition coefficient (Wildman–Crippen LogP) is 4.71. The molecular weight excluding hydrogens is 392 g/mol. The monoisotopic (exact) mass is 422 g/mol. The van der Waals surface area contributed by atoms with E-state index < -0.39 is 6.10 Å². The molecule has 1 fully saturated rings. The Morgan fingerprint density at radius 1 is 1.13 bits per heavy atom. The first-order valence-corrected chi connectivity index (χ1v) is 11.1. The van der Waals surface area contributed by atoms with Crippen molar-refractivity contribution < 1.29 is 19.1 Å². The third-order valence-corrected chi connectivity index (χ3v) is 6.02. The molecule has 1 aliphatic carbocycles. The molecule has 2 aliphatic rings. The minimum atomic E-state index is -0.561. The van der Waals surface area contributed by atoms with Crippen LogP contribution in [0.3, 0.4) is 0 Å². The Balaban J connectivity index is 1.46. The van der Waals surface area contributed by atoms with Crippen LogP contribution in [0.25, 0.3) is 0 Å². The SMILES string of the molecule is Cc1ccc(OCCN2C(=O)C(C)Oc3ccc(NC(=O)C4CCCCC4)cc32)cc1. The predicted molar refractivity (Wildman–Crippen MR) is 121 cm³/mol. The van der Waals surface area contributed by atoms with Crippen LogP contribution in [0.5, 0.6) is 11.5 Å². The van der Waals surface area contributed by atoms with E-state index in [0.29, 0.717) is 30.3 Å². The molecule has 1 heterocycles. The number of rotatable bonds is 6. The molecule has 1 unspecified atom stereocenters. The van der Waals surface area contributed by atoms with Crippen LogP contribution >= 0.6 is 0 Å². The molecule has 0 radical (unpaired) electrons. The largest absolute Gasteiger partial charge is 0.492 e. The van der Waals surface area contributed by atoms with Crippen molar-refractivity contribution in [2.75, 3.05) is 23.4 Å². The Hall–Kier alpha value is -3.02. The van der Waals surface area contributed by atoms with Gasteiger partial charge in [-0.05, 0) is 57.0 Å². The van der Waals surface area contributed by atoms with Crippen LogP contribution in [0.2, 0.25) is 0 Å². The van der Waals surface area contributed by atoms with Gasteiger partial charge in [0, 0.05) is 11.6 Å². The fourth-order valence-electron chi connectivity index (χ4n) is 4.21. The molecule has 2 amide bonds. The highest BCUT2D eigenvalue weighted by atomic mass is 16.5. The zero-order valence-corrected chi connectivity index (χ0v) is 18.2. The molecule has 1 N–H and O–H groups in total. The molecule has 0 aromatic heterocycles. The molecule has 1 atom stereocenters. The number of amides is 2. The third kappa shape index (κ3) is 5.01. The average Bonchev–Trinajstić information content (AvgIpc) is 2.78. The maximum absolute atomic E-state index is 12.8. The fourth-order valence-corrected chi connectivity index (χ4v) is 4.21. The van der Waals surface area contributed by atoms with Crippen molar-refractivity contribution in [3.8, 4) is 11.5 Å². The first-order valence-electron chi connectivity index (χ1n) is 11.1. The Labute approximate surface area is 183 Å². The van der Waals surface area contributed by atoms with Gasteiger partial charge < -0.3 is 19.7 Å². The summed E-state index contributed by atoms with van der Waals surface area (Å²) in [5.74, 6) is 1.42. The van der Waals surface area contributed by atoms with Crippen LogP contribution in [0.4, 0.5) is 11.4 Å². The lowest BCUT2D eigenvalue weighted by atomic mass is 9.88. The Morgan fingerprint density at radius 3 is 2.61 bits per heavy atom. The van der Waals surface area contributed by atoms with Gasteiger partial charge in [-0.1, -0.05) is 37.0 Å². The van der Waals surface area contributed by atoms with E-state index >= 15 is 0 Å². The number of nitrogens with one attached hydrogen (secondary N) is 1. The van der Waals surface area contributed by atoms with E-state index in [-0.39, 0.29) is 17.7 Å². The number of benzene rings is 2. The van der Waals surface area contributed by atoms with Crippen LogP contribution in [0.1, 0.15) is 44.6 Å². The fraction of sp³-hybridized carbons (Fsp3) is 0.440. The van der Waals surface area contributed by atoms with Crippen molar-refractivity contribution in [2.24, 2.45) is 5.92 Å². The summed E-state index contributed by atoms with van der Waals surface area (Å²) in [4.78, 5) is 27.1. The van der Waals surface area contributed by atoms with Gasteiger partial charge in [0.2, 0.25) is 5.91 Å². The third-order valence-electron chi connectivity index (χ3n) is 6.02. The summed E-state index contributed by atoms with van der Waals surface area (Å²) >= 11 is 0. The number of ether oxygens (including phenoxy) is 2. The van der Waals surface area contributed by atoms with Gasteiger partial charge in [0.15, 0.2) is 6.10 Å². The van der Waals surface area contributed by atoms with Crippen LogP contribution in [0, 0.1) is 12.8 Å². The van der Waals surface area contributed by atoms with Gasteiger partial charge in [-0.3, -0.25) is 9.59 Å². The van der Waals surface area contributed by atoms with Gasteiger partial charge in [0.05, 0.1) is 12.2 Å². The van der Waals surface area contributed by atoms with Crippen LogP contribution < -0.4 is 19.7 Å². The normalized spacial score (nSPS) is 18.8. The summed E-state index contributed by atoms with van der Waals surface area (Å²) in [6, 6.07) is 13.3. The van der Waals surface area contributed by atoms with Gasteiger partial charge in [0.25, 0.3) is 5.91 Å². The molecule has 0 saturated heterocycles. The van der Waals surface area contributed by atoms with E-state index in [2.05, 4.69) is 5.32 Å². The Kier molecular flexibility index (Phi) is 6.44. The molecule has 1 saturated carbocycles. The highest BCUT2D eigenvalue weighted by Gasteiger charge is 2.32. The zero-order valence-electron chi connectivity index (χ0n) is 18.2. The van der Waals surface area contributed by atoms with Gasteiger partial charge in [-0.25, -0.2) is 0 Å². The van der Waals surface area contributed by atoms with E-state index in [0.717, 1.165) is 31.4 Å². The summed E-state index contributed by atoms with van der Waals surface area (Å²) < 4.78 is 11.6. The molecule has 0 bridgehead atoms. The number of fused-ring (bicyclic) bond motifs is 1. The highest BCUT2D eigenvalue weighted by Crippen LogP contribution is 2.36. The Morgan fingerprint density at radius 2 is 1.87 bits per heavy atom. The highest BCUT2D eigenvalue weighted by molar-refractivity contribution is 6.01. The molecule has 0 spiro atoms. The van der Waals surface area contributed by atoms with E-state index in [9.17, 15) is 9.59 Å². The lowest BCUT2D eigenvalue weighted by Crippen LogP contribution is -2.46. The minimum Gasteiger partial charge on any atom is -0.492 e. The second-order valence-electron chi connectivity index (χ2n) is 8.42. The first-order chi connectivity index (χ1) is 15.0. The van der Waals surface area contributed by atoms with E-state index in [1.165, 1.54) is 12.0 Å². The topological polar surface area (TPSA) is 67.9 Å². The lowest BCUT2D eigenvalue weighted by Gasteiger charge is -2.33. The maximum Gasteiger partial charge on any atom is 0.267 e. The van der Waals surface area contributed by atoms with Gasteiger partial charge in [-0.2, -0.15) is 0 Å². The number of hydrogen-bond acceptors (Lipinski definition) is 4. The van der Waals surface area contributed by atoms with Crippen molar-refractivity contribution in [3.05, 3.63) is 48.0 Å². The van der Waals surface area contributed by atoms with Crippen LogP contribution in [0.15, 0.2) is 42.5 Å². The molecule has 4 rings (SSSR count). The molecule has 31 heavy (non-hydrogen) atoms. The Bertz CT molecular complexity index is 935. The minimum absolute atomic E-state index is 0.0605. The molecule has 164 valence electrons. The van der Waals surface area contributed by atoms with Gasteiger partial charge in [-0.15, -0.1) is 0 Å². The standard InChI is InChI=1S/C25H30N2O4/c1-17-8-11-21(12-9-17)30-15-14-27-22-16-20(10-13-23(22)31-18(2)25(27)29)26-24(28)19-6-4-3-5-7-19/h8-13,16,18-19H,3-7,14-15H2,1-2H3,(H,26,28). The van der Waals surface area contributed by atoms with E-state index in [1.54, 1.807) is 11.8 Å². The first kappa shape index (κ1) is 21.2. The molecule has 6 nitrogen and oxygen atoms in total. The lowest BCUT2D eigenvalue weighted by molar-refractivity contribution is -0.125. The summed E-state index contributed by atoms with van der Waals surface area (Å²) in [7, 11) is 0. The number of aryl methyl sites for hydroxylation is 1. The number of hydrogen-bond donors (Lipinski definition) is 1. The maximum atomic E-state index is 12.8. The smallest absolute Gasteiger partial charge is 0.267 e. The molecule has 2 aromatic rings. The van der Waals surface area contributed by atoms with Crippen molar-refractivity contribution in [1.82, 2.24) is 0 Å². The molecule has 6 heteroatoms. The summed E-state index contributed by atoms with van der Waals surface area (Å²) in [5, 5.41) is 3.03. The quantitative estimate of drug-likeness (QED) is 0.732. The van der Waals surface area contributed by atoms with Gasteiger partial charge in [0.1, 0.15) is 18.1 Å². The van der Waals surface area contributed by atoms with Crippen molar-refractivity contribution >= 4 is 23.2 Å². The van der Waals surface area contributed by atoms with Crippen molar-refractivity contribution in [2.45, 2.75) is 52.1 Å². The van der Waals surface area contributed by atoms with Crippen LogP contribution in [-0.2, 0) is 9.59 Å². The summed E-state index contributed by atoms with van der Waals surface area (Å²) in [6.45, 7) is 4.53. The number of carbonyl (C=O) groups excluding carboxylic acids is 2. The second-order valence-corrected chi connectivity index (χ2v) is 8.42. The second kappa shape index (κ2) is 9.41. The van der Waals surface area contributed by atoms with Crippen LogP contribution in [-0.4, -0.2) is 31.1 Å². The van der Waals surface area contributed by atoms with Gasteiger partial charge >= 0.3 is 0 Å². The number of nitrogens with zero attached hydrogens (tertiary/aromatic N) is 1. The number of anilines is 2. The van der Waals surface area contributed by atoms with E-state index in [1.807, 2.05) is 49.4 Å². The number of carbonyl (C=O) groups is 2. The molecule has 2 aromatic carbocycles. The van der Waals surface area contributed by atoms with Crippen molar-refractivity contribution in [3.63, 3.8) is 0 Å². The summed E-state index contributed by atoms with van der Waals surface area (Å²) in [6.07, 6.45) is 4.75. The summed E-state index contributed by atoms with van der Waals surface area (Å²) in [5.41, 5.74) is 2.52. The van der Waals surface area contributed by atoms with Crippen molar-refractivity contribution in [1.29, 1.82) is 0 Å². The zero-order chi connectivity index (χ0) is 21.8. The molecular formula is C25H30N2O4. The van der Waals surface area contributed by atoms with E-state index in [4.69, 9.17) is 9.47 Å². The average molecular weight is 423 g/mol.